The second-order valence-corrected chi connectivity index (χ2v) is 8.56. The van der Waals surface area contributed by atoms with Gasteiger partial charge in [-0.25, -0.2) is 18.4 Å². The van der Waals surface area contributed by atoms with Gasteiger partial charge >= 0.3 is 0 Å². The minimum Gasteiger partial charge on any atom is -0.381 e. The third-order valence-electron chi connectivity index (χ3n) is 6.11. The van der Waals surface area contributed by atoms with E-state index in [1.165, 1.54) is 44.3 Å². The monoisotopic (exact) mass is 511 g/mol. The average Bonchev–Trinajstić information content (AvgIpc) is 3.61. The molecule has 1 aliphatic rings. The molecule has 1 amide bonds. The quantitative estimate of drug-likeness (QED) is 0.368. The van der Waals surface area contributed by atoms with E-state index in [9.17, 15) is 18.7 Å². The van der Waals surface area contributed by atoms with E-state index in [4.69, 9.17) is 12.2 Å². The van der Waals surface area contributed by atoms with Gasteiger partial charge in [0, 0.05) is 11.6 Å². The molecule has 0 aliphatic carbocycles. The molecule has 1 N–H and O–H groups in total. The van der Waals surface area contributed by atoms with Crippen LogP contribution >= 0.6 is 12.2 Å². The molecular formula is C22H19F2N9O2S. The van der Waals surface area contributed by atoms with Gasteiger partial charge in [0.05, 0.1) is 24.0 Å². The van der Waals surface area contributed by atoms with Gasteiger partial charge in [0.1, 0.15) is 36.4 Å². The normalized spacial score (nSPS) is 16.4. The Morgan fingerprint density at radius 2 is 1.86 bits per heavy atom. The number of tetrazole rings is 1. The molecule has 14 heteroatoms. The highest BCUT2D eigenvalue weighted by atomic mass is 32.1. The lowest BCUT2D eigenvalue weighted by molar-refractivity contribution is -0.117. The van der Waals surface area contributed by atoms with Crippen molar-refractivity contribution in [2.45, 2.75) is 25.1 Å². The number of benzene rings is 2. The van der Waals surface area contributed by atoms with Crippen LogP contribution < -0.4 is 4.90 Å². The fourth-order valence-corrected chi connectivity index (χ4v) is 4.63. The lowest BCUT2D eigenvalue weighted by Gasteiger charge is -2.40. The van der Waals surface area contributed by atoms with E-state index in [1.54, 1.807) is 31.2 Å². The maximum absolute atomic E-state index is 14.9. The van der Waals surface area contributed by atoms with Crippen molar-refractivity contribution in [1.82, 2.24) is 39.9 Å². The molecule has 2 atom stereocenters. The summed E-state index contributed by atoms with van der Waals surface area (Å²) in [5.74, 6) is -2.05. The van der Waals surface area contributed by atoms with Crippen LogP contribution in [0.5, 0.6) is 0 Å². The van der Waals surface area contributed by atoms with Crippen LogP contribution in [0.15, 0.2) is 61.4 Å². The van der Waals surface area contributed by atoms with Crippen molar-refractivity contribution < 1.29 is 18.7 Å². The maximum atomic E-state index is 14.9. The molecule has 0 saturated carbocycles. The molecule has 36 heavy (non-hydrogen) atoms. The van der Waals surface area contributed by atoms with Crippen LogP contribution in [0.25, 0.3) is 5.69 Å². The molecule has 2 aromatic carbocycles. The second-order valence-electron chi connectivity index (χ2n) is 8.20. The number of hydrogen-bond donors (Lipinski definition) is 1. The number of anilines is 1. The molecule has 4 aromatic rings. The van der Waals surface area contributed by atoms with Crippen LogP contribution in [0.3, 0.4) is 0 Å². The predicted octanol–water partition coefficient (Wildman–Crippen LogP) is 1.44. The molecular weight excluding hydrogens is 492 g/mol. The van der Waals surface area contributed by atoms with Gasteiger partial charge in [-0.3, -0.25) is 9.69 Å². The highest BCUT2D eigenvalue weighted by Crippen LogP contribution is 2.35. The first-order chi connectivity index (χ1) is 17.3. The maximum Gasteiger partial charge on any atom is 0.252 e. The van der Waals surface area contributed by atoms with Crippen LogP contribution in [-0.4, -0.2) is 68.6 Å². The Balaban J connectivity index is 1.46. The zero-order valence-electron chi connectivity index (χ0n) is 18.8. The van der Waals surface area contributed by atoms with Gasteiger partial charge < -0.3 is 10.0 Å². The molecule has 0 bridgehead atoms. The van der Waals surface area contributed by atoms with Crippen LogP contribution in [0.1, 0.15) is 12.5 Å². The zero-order valence-corrected chi connectivity index (χ0v) is 19.6. The largest absolute Gasteiger partial charge is 0.381 e. The van der Waals surface area contributed by atoms with Gasteiger partial charge in [0.25, 0.3) is 5.91 Å². The number of nitrogens with zero attached hydrogens (tertiary/aromatic N) is 9. The van der Waals surface area contributed by atoms with Gasteiger partial charge in [-0.15, -0.1) is 15.0 Å². The van der Waals surface area contributed by atoms with E-state index in [2.05, 4.69) is 25.5 Å². The highest BCUT2D eigenvalue weighted by molar-refractivity contribution is 7.80. The third-order valence-corrected chi connectivity index (χ3v) is 6.52. The van der Waals surface area contributed by atoms with Crippen molar-refractivity contribution in [1.29, 1.82) is 0 Å². The number of aliphatic hydroxyl groups is 1. The summed E-state index contributed by atoms with van der Waals surface area (Å²) in [6.07, 6.45) is 3.94. The Labute approximate surface area is 208 Å². The van der Waals surface area contributed by atoms with Crippen LogP contribution in [-0.2, 0) is 16.9 Å². The van der Waals surface area contributed by atoms with Gasteiger partial charge in [-0.05, 0) is 54.7 Å². The fourth-order valence-electron chi connectivity index (χ4n) is 4.20. The summed E-state index contributed by atoms with van der Waals surface area (Å²) < 4.78 is 29.9. The molecule has 1 aliphatic heterocycles. The van der Waals surface area contributed by atoms with E-state index in [-0.39, 0.29) is 29.7 Å². The van der Waals surface area contributed by atoms with Gasteiger partial charge in [-0.2, -0.15) is 5.10 Å². The molecule has 1 fully saturated rings. The molecule has 5 rings (SSSR count). The number of aromatic nitrogens is 7. The summed E-state index contributed by atoms with van der Waals surface area (Å²) in [6, 6.07) is 8.77. The van der Waals surface area contributed by atoms with E-state index in [0.717, 1.165) is 6.07 Å². The highest BCUT2D eigenvalue weighted by Gasteiger charge is 2.47. The van der Waals surface area contributed by atoms with E-state index in [1.807, 2.05) is 0 Å². The minimum absolute atomic E-state index is 0.124. The fraction of sp³-hybridized carbons (Fsp3) is 0.227. The third kappa shape index (κ3) is 4.09. The van der Waals surface area contributed by atoms with Gasteiger partial charge in [-0.1, -0.05) is 6.07 Å². The summed E-state index contributed by atoms with van der Waals surface area (Å²) in [4.78, 5) is 21.1. The second kappa shape index (κ2) is 9.13. The standard InChI is InChI=1S/C22H19F2N9O2S/c1-14(22(35,10-30-13-25-11-27-30)18-7-2-15(23)8-19(18)24)31-9-20(34)32(21(31)36)16-3-5-17(6-4-16)33-28-12-26-29-33/h2-8,11-14,35H,9-10H2,1H3/t14-,22-/m1/s1. The Morgan fingerprint density at radius 1 is 1.11 bits per heavy atom. The van der Waals surface area contributed by atoms with Crippen LogP contribution in [0.4, 0.5) is 14.5 Å². The van der Waals surface area contributed by atoms with Crippen LogP contribution in [0, 0.1) is 11.6 Å². The molecule has 11 nitrogen and oxygen atoms in total. The SMILES string of the molecule is C[C@@H](N1CC(=O)N(c2ccc(-n3ncnn3)cc2)C1=S)[C@](O)(Cn1cncn1)c1ccc(F)cc1F. The number of hydrogen-bond acceptors (Lipinski definition) is 8. The van der Waals surface area contributed by atoms with Crippen LogP contribution in [0.2, 0.25) is 0 Å². The Kier molecular flexibility index (Phi) is 5.97. The number of carbonyl (C=O) groups is 1. The molecule has 0 unspecified atom stereocenters. The number of thiocarbonyl (C=S) groups is 1. The first-order valence-corrected chi connectivity index (χ1v) is 11.2. The first kappa shape index (κ1) is 23.6. The van der Waals surface area contributed by atoms with Crippen molar-refractivity contribution in [3.8, 4) is 5.69 Å². The molecule has 0 spiro atoms. The summed E-state index contributed by atoms with van der Waals surface area (Å²) in [5.41, 5.74) is -0.983. The lowest BCUT2D eigenvalue weighted by Crippen LogP contribution is -2.53. The van der Waals surface area contributed by atoms with Gasteiger partial charge in [0.2, 0.25) is 0 Å². The predicted molar refractivity (Wildman–Crippen MR) is 126 cm³/mol. The van der Waals surface area contributed by atoms with Crippen molar-refractivity contribution >= 4 is 28.9 Å². The molecule has 0 radical (unpaired) electrons. The van der Waals surface area contributed by atoms with Crippen molar-refractivity contribution in [2.75, 3.05) is 11.4 Å². The Morgan fingerprint density at radius 3 is 2.50 bits per heavy atom. The molecule has 3 heterocycles. The average molecular weight is 512 g/mol. The summed E-state index contributed by atoms with van der Waals surface area (Å²) in [7, 11) is 0. The number of amides is 1. The zero-order chi connectivity index (χ0) is 25.4. The summed E-state index contributed by atoms with van der Waals surface area (Å²) in [5, 5.41) is 27.4. The minimum atomic E-state index is -1.95. The van der Waals surface area contributed by atoms with Crippen molar-refractivity contribution in [2.24, 2.45) is 0 Å². The van der Waals surface area contributed by atoms with Crippen molar-refractivity contribution in [3.05, 3.63) is 78.6 Å². The first-order valence-electron chi connectivity index (χ1n) is 10.8. The number of rotatable bonds is 7. The smallest absolute Gasteiger partial charge is 0.252 e. The number of halogens is 2. The molecule has 184 valence electrons. The van der Waals surface area contributed by atoms with E-state index >= 15 is 0 Å². The summed E-state index contributed by atoms with van der Waals surface area (Å²) >= 11 is 5.62. The Bertz CT molecular complexity index is 1400. The van der Waals surface area contributed by atoms with E-state index in [0.29, 0.717) is 17.4 Å². The topological polar surface area (TPSA) is 118 Å². The van der Waals surface area contributed by atoms with E-state index < -0.39 is 23.3 Å². The molecule has 1 saturated heterocycles. The Hall–Kier alpha value is -4.17. The number of carbonyl (C=O) groups excluding carboxylic acids is 1. The molecule has 2 aromatic heterocycles. The summed E-state index contributed by atoms with van der Waals surface area (Å²) in [6.45, 7) is 1.24. The van der Waals surface area contributed by atoms with Gasteiger partial charge in [0.15, 0.2) is 11.4 Å². The van der Waals surface area contributed by atoms with Crippen molar-refractivity contribution in [3.63, 3.8) is 0 Å². The lowest BCUT2D eigenvalue weighted by atomic mass is 9.85.